The topological polar surface area (TPSA) is 70.7 Å². The molecule has 0 aliphatic rings. The molecule has 0 fully saturated rings. The largest absolute Gasteiger partial charge is 0.321 e. The van der Waals surface area contributed by atoms with Gasteiger partial charge in [-0.15, -0.1) is 0 Å². The molecule has 2 N–H and O–H groups in total. The highest BCUT2D eigenvalue weighted by molar-refractivity contribution is 5.96. The third kappa shape index (κ3) is 2.22. The van der Waals surface area contributed by atoms with Crippen LogP contribution in [-0.2, 0) is 0 Å². The van der Waals surface area contributed by atoms with Crippen molar-refractivity contribution < 1.29 is 9.18 Å². The summed E-state index contributed by atoms with van der Waals surface area (Å²) in [6, 6.07) is 1.72. The molecule has 2 aromatic rings. The lowest BCUT2D eigenvalue weighted by Gasteiger charge is -2.08. The number of ketones is 1. The zero-order chi connectivity index (χ0) is 13.3. The highest BCUT2D eigenvalue weighted by atomic mass is 19.1. The molecular formula is C12H13FN4O. The van der Waals surface area contributed by atoms with Crippen LogP contribution in [0.2, 0.25) is 0 Å². The van der Waals surface area contributed by atoms with Crippen LogP contribution in [-0.4, -0.2) is 21.0 Å². The second kappa shape index (κ2) is 4.56. The summed E-state index contributed by atoms with van der Waals surface area (Å²) in [5.74, 6) is -0.522. The van der Waals surface area contributed by atoms with Crippen LogP contribution in [0.3, 0.4) is 0 Å². The molecule has 0 bridgehead atoms. The predicted molar refractivity (Wildman–Crippen MR) is 65.5 cm³/mol. The summed E-state index contributed by atoms with van der Waals surface area (Å²) in [6.07, 6.45) is 1.46. The van der Waals surface area contributed by atoms with Crippen molar-refractivity contribution in [1.82, 2.24) is 15.2 Å². The molecule has 6 heteroatoms. The van der Waals surface area contributed by atoms with E-state index in [2.05, 4.69) is 20.5 Å². The van der Waals surface area contributed by atoms with E-state index in [-0.39, 0.29) is 17.2 Å². The fourth-order valence-corrected chi connectivity index (χ4v) is 1.70. The highest BCUT2D eigenvalue weighted by Gasteiger charge is 2.16. The van der Waals surface area contributed by atoms with Gasteiger partial charge in [0.05, 0.1) is 5.56 Å². The molecule has 0 radical (unpaired) electrons. The number of H-pyrrole nitrogens is 1. The molecule has 0 aliphatic heterocycles. The quantitative estimate of drug-likeness (QED) is 0.819. The van der Waals surface area contributed by atoms with Gasteiger partial charge in [0.2, 0.25) is 0 Å². The molecule has 0 spiro atoms. The van der Waals surface area contributed by atoms with Gasteiger partial charge in [-0.2, -0.15) is 5.10 Å². The van der Waals surface area contributed by atoms with Crippen molar-refractivity contribution >= 4 is 17.4 Å². The molecule has 0 saturated carbocycles. The second-order valence-corrected chi connectivity index (χ2v) is 4.10. The van der Waals surface area contributed by atoms with E-state index in [9.17, 15) is 9.18 Å². The van der Waals surface area contributed by atoms with Gasteiger partial charge in [0.25, 0.3) is 0 Å². The van der Waals surface area contributed by atoms with E-state index >= 15 is 0 Å². The molecule has 5 nitrogen and oxygen atoms in total. The highest BCUT2D eigenvalue weighted by Crippen LogP contribution is 2.22. The minimum Gasteiger partial charge on any atom is -0.321 e. The van der Waals surface area contributed by atoms with Crippen molar-refractivity contribution in [2.75, 3.05) is 5.32 Å². The number of nitrogens with zero attached hydrogens (tertiary/aromatic N) is 2. The molecule has 0 atom stereocenters. The zero-order valence-corrected chi connectivity index (χ0v) is 10.3. The minimum absolute atomic E-state index is 0.00250. The van der Waals surface area contributed by atoms with Gasteiger partial charge in [0.1, 0.15) is 0 Å². The van der Waals surface area contributed by atoms with E-state index in [1.807, 2.05) is 6.92 Å². The van der Waals surface area contributed by atoms with Gasteiger partial charge in [-0.3, -0.25) is 9.89 Å². The standard InChI is InChI=1S/C12H13FN4O/c1-6-5-14-12(11(13)10(6)8(3)18)15-9-4-7(2)16-17-9/h4-5H,1-3H3,(H2,14,15,16,17). The molecule has 0 aliphatic carbocycles. The number of halogens is 1. The average Bonchev–Trinajstić information content (AvgIpc) is 2.68. The fourth-order valence-electron chi connectivity index (χ4n) is 1.70. The molecular weight excluding hydrogens is 235 g/mol. The molecule has 0 aromatic carbocycles. The molecule has 2 rings (SSSR count). The van der Waals surface area contributed by atoms with Gasteiger partial charge in [0.15, 0.2) is 23.2 Å². The first-order chi connectivity index (χ1) is 8.49. The smallest absolute Gasteiger partial charge is 0.176 e. The Morgan fingerprint density at radius 2 is 2.17 bits per heavy atom. The van der Waals surface area contributed by atoms with Gasteiger partial charge >= 0.3 is 0 Å². The number of hydrogen-bond donors (Lipinski definition) is 2. The summed E-state index contributed by atoms with van der Waals surface area (Å²) < 4.78 is 14.1. The van der Waals surface area contributed by atoms with E-state index in [1.165, 1.54) is 13.1 Å². The van der Waals surface area contributed by atoms with Crippen molar-refractivity contribution in [3.8, 4) is 0 Å². The number of aromatic nitrogens is 3. The normalized spacial score (nSPS) is 10.4. The SMILES string of the molecule is CC(=O)c1c(C)cnc(Nc2cc(C)[nH]n2)c1F. The summed E-state index contributed by atoms with van der Waals surface area (Å²) >= 11 is 0. The Bertz CT molecular complexity index is 606. The Labute approximate surface area is 103 Å². The lowest BCUT2D eigenvalue weighted by atomic mass is 10.1. The van der Waals surface area contributed by atoms with Crippen LogP contribution in [0.1, 0.15) is 28.5 Å². The molecule has 18 heavy (non-hydrogen) atoms. The number of aromatic amines is 1. The average molecular weight is 248 g/mol. The molecule has 2 heterocycles. The van der Waals surface area contributed by atoms with Gasteiger partial charge < -0.3 is 5.32 Å². The van der Waals surface area contributed by atoms with E-state index in [4.69, 9.17) is 0 Å². The summed E-state index contributed by atoms with van der Waals surface area (Å²) in [5, 5.41) is 9.38. The summed E-state index contributed by atoms with van der Waals surface area (Å²) in [5.41, 5.74) is 1.42. The first kappa shape index (κ1) is 12.2. The fraction of sp³-hybridized carbons (Fsp3) is 0.250. The lowest BCUT2D eigenvalue weighted by molar-refractivity contribution is 0.101. The van der Waals surface area contributed by atoms with E-state index in [1.54, 1.807) is 13.0 Å². The molecule has 94 valence electrons. The Hall–Kier alpha value is -2.24. The number of anilines is 2. The minimum atomic E-state index is -0.650. The maximum atomic E-state index is 14.1. The van der Waals surface area contributed by atoms with Crippen LogP contribution in [0.5, 0.6) is 0 Å². The molecule has 0 amide bonds. The van der Waals surface area contributed by atoms with Gasteiger partial charge in [-0.05, 0) is 26.3 Å². The van der Waals surface area contributed by atoms with E-state index in [0.29, 0.717) is 11.4 Å². The Morgan fingerprint density at radius 1 is 1.44 bits per heavy atom. The van der Waals surface area contributed by atoms with Crippen LogP contribution in [0, 0.1) is 19.7 Å². The maximum Gasteiger partial charge on any atom is 0.176 e. The van der Waals surface area contributed by atoms with Gasteiger partial charge in [-0.25, -0.2) is 9.37 Å². The predicted octanol–water partition coefficient (Wildman–Crippen LogP) is 2.51. The van der Waals surface area contributed by atoms with Crippen LogP contribution in [0.4, 0.5) is 16.0 Å². The Morgan fingerprint density at radius 3 is 2.72 bits per heavy atom. The molecule has 2 aromatic heterocycles. The first-order valence-electron chi connectivity index (χ1n) is 5.44. The number of carbonyl (C=O) groups is 1. The van der Waals surface area contributed by atoms with Crippen LogP contribution in [0.25, 0.3) is 0 Å². The van der Waals surface area contributed by atoms with Crippen molar-refractivity contribution in [3.63, 3.8) is 0 Å². The molecule has 0 saturated heterocycles. The number of pyridine rings is 1. The first-order valence-corrected chi connectivity index (χ1v) is 5.44. The third-order valence-corrected chi connectivity index (χ3v) is 2.51. The summed E-state index contributed by atoms with van der Waals surface area (Å²) in [4.78, 5) is 15.3. The number of nitrogens with one attached hydrogen (secondary N) is 2. The van der Waals surface area contributed by atoms with Gasteiger partial charge in [0, 0.05) is 18.0 Å². The van der Waals surface area contributed by atoms with E-state index in [0.717, 1.165) is 5.69 Å². The van der Waals surface area contributed by atoms with Gasteiger partial charge in [-0.1, -0.05) is 0 Å². The summed E-state index contributed by atoms with van der Waals surface area (Å²) in [7, 11) is 0. The lowest BCUT2D eigenvalue weighted by Crippen LogP contribution is -2.06. The monoisotopic (exact) mass is 248 g/mol. The number of aryl methyl sites for hydroxylation is 2. The number of rotatable bonds is 3. The Balaban J connectivity index is 2.40. The van der Waals surface area contributed by atoms with Crippen molar-refractivity contribution in [2.24, 2.45) is 0 Å². The molecule has 0 unspecified atom stereocenters. The van der Waals surface area contributed by atoms with Crippen molar-refractivity contribution in [3.05, 3.63) is 34.9 Å². The van der Waals surface area contributed by atoms with Crippen LogP contribution < -0.4 is 5.32 Å². The van der Waals surface area contributed by atoms with Crippen LogP contribution in [0.15, 0.2) is 12.3 Å². The Kier molecular flexibility index (Phi) is 3.10. The van der Waals surface area contributed by atoms with E-state index < -0.39 is 5.82 Å². The second-order valence-electron chi connectivity index (χ2n) is 4.10. The number of carbonyl (C=O) groups excluding carboxylic acids is 1. The third-order valence-electron chi connectivity index (χ3n) is 2.51. The number of hydrogen-bond acceptors (Lipinski definition) is 4. The van der Waals surface area contributed by atoms with Crippen molar-refractivity contribution in [1.29, 1.82) is 0 Å². The number of Topliss-reactive ketones (excluding diaryl/α,β-unsaturated/α-hetero) is 1. The van der Waals surface area contributed by atoms with Crippen LogP contribution >= 0.6 is 0 Å². The zero-order valence-electron chi connectivity index (χ0n) is 10.3. The van der Waals surface area contributed by atoms with Crippen molar-refractivity contribution in [2.45, 2.75) is 20.8 Å². The maximum absolute atomic E-state index is 14.1. The summed E-state index contributed by atoms with van der Waals surface area (Å²) in [6.45, 7) is 4.81.